The summed E-state index contributed by atoms with van der Waals surface area (Å²) < 4.78 is 26.0. The van der Waals surface area contributed by atoms with E-state index < -0.39 is 6.17 Å². The van der Waals surface area contributed by atoms with Crippen LogP contribution in [0.4, 0.5) is 4.39 Å². The molecule has 2 atom stereocenters. The first-order valence-corrected chi connectivity index (χ1v) is 6.59. The maximum absolute atomic E-state index is 13.9. The first-order chi connectivity index (χ1) is 8.79. The van der Waals surface area contributed by atoms with Crippen LogP contribution in [-0.4, -0.2) is 14.8 Å². The van der Waals surface area contributed by atoms with Crippen LogP contribution in [0.1, 0.15) is 35.8 Å². The summed E-state index contributed by atoms with van der Waals surface area (Å²) in [6.07, 6.45) is -0.738. The van der Waals surface area contributed by atoms with Gasteiger partial charge in [0, 0.05) is 10.6 Å². The zero-order chi connectivity index (χ0) is 12.5. The molecule has 2 heterocycles. The van der Waals surface area contributed by atoms with Crippen LogP contribution in [0.3, 0.4) is 0 Å². The third-order valence-electron chi connectivity index (χ3n) is 3.08. The Morgan fingerprint density at radius 1 is 1.39 bits per heavy atom. The van der Waals surface area contributed by atoms with Crippen molar-refractivity contribution in [3.63, 3.8) is 0 Å². The van der Waals surface area contributed by atoms with Gasteiger partial charge in [0.1, 0.15) is 0 Å². The minimum atomic E-state index is -1.10. The maximum atomic E-state index is 13.9. The summed E-state index contributed by atoms with van der Waals surface area (Å²) in [4.78, 5) is 4.09. The van der Waals surface area contributed by atoms with Crippen molar-refractivity contribution in [2.24, 2.45) is 0 Å². The zero-order valence-electron chi connectivity index (χ0n) is 9.49. The highest BCUT2D eigenvalue weighted by Crippen LogP contribution is 2.39. The molecule has 0 unspecified atom stereocenters. The van der Waals surface area contributed by atoms with E-state index in [9.17, 15) is 8.60 Å². The lowest BCUT2D eigenvalue weighted by Crippen LogP contribution is -2.07. The van der Waals surface area contributed by atoms with Crippen molar-refractivity contribution in [2.75, 3.05) is 0 Å². The van der Waals surface area contributed by atoms with Gasteiger partial charge in [-0.25, -0.2) is 14.1 Å². The fourth-order valence-corrected chi connectivity index (χ4v) is 2.52. The molecule has 1 aromatic heterocycles. The normalized spacial score (nSPS) is 21.8. The lowest BCUT2D eigenvalue weighted by atomic mass is 10.0. The van der Waals surface area contributed by atoms with Gasteiger partial charge in [-0.15, -0.1) is 5.10 Å². The van der Waals surface area contributed by atoms with Gasteiger partial charge in [-0.05, 0) is 5.56 Å². The number of halogens is 1. The molecule has 1 aromatic carbocycles. The van der Waals surface area contributed by atoms with Crippen LogP contribution in [0.15, 0.2) is 30.3 Å². The Kier molecular flexibility index (Phi) is 2.87. The van der Waals surface area contributed by atoms with Gasteiger partial charge < -0.3 is 0 Å². The first kappa shape index (κ1) is 11.4. The number of hydrogen-bond acceptors (Lipinski definition) is 3. The van der Waals surface area contributed by atoms with E-state index >= 15 is 0 Å². The Balaban J connectivity index is 2.00. The SMILES string of the molecule is O=[S+]Cc1nc2n(n1)[C@H](c1ccccc1)C[C@@H]2F. The third-order valence-corrected chi connectivity index (χ3v) is 3.46. The minimum Gasteiger partial charge on any atom is -0.239 e. The molecule has 0 fully saturated rings. The lowest BCUT2D eigenvalue weighted by molar-refractivity contribution is 0.328. The molecule has 0 spiro atoms. The Morgan fingerprint density at radius 2 is 2.17 bits per heavy atom. The lowest BCUT2D eigenvalue weighted by Gasteiger charge is -2.10. The van der Waals surface area contributed by atoms with Gasteiger partial charge in [0.05, 0.1) is 6.04 Å². The Bertz CT molecular complexity index is 572. The summed E-state index contributed by atoms with van der Waals surface area (Å²) in [6, 6.07) is 9.56. The highest BCUT2D eigenvalue weighted by Gasteiger charge is 2.35. The third kappa shape index (κ3) is 1.82. The minimum absolute atomic E-state index is 0.117. The Morgan fingerprint density at radius 3 is 2.89 bits per heavy atom. The molecule has 0 amide bonds. The second kappa shape index (κ2) is 4.53. The molecule has 1 aliphatic heterocycles. The second-order valence-corrected chi connectivity index (χ2v) is 4.75. The summed E-state index contributed by atoms with van der Waals surface area (Å²) in [5.74, 6) is 0.926. The van der Waals surface area contributed by atoms with Crippen LogP contribution >= 0.6 is 0 Å². The number of rotatable bonds is 3. The Hall–Kier alpha value is -1.69. The topological polar surface area (TPSA) is 47.8 Å². The molecule has 0 saturated carbocycles. The van der Waals surface area contributed by atoms with Crippen molar-refractivity contribution in [2.45, 2.75) is 24.4 Å². The summed E-state index contributed by atoms with van der Waals surface area (Å²) in [5.41, 5.74) is 1.02. The van der Waals surface area contributed by atoms with E-state index in [0.717, 1.165) is 5.56 Å². The molecule has 0 aliphatic carbocycles. The first-order valence-electron chi connectivity index (χ1n) is 5.68. The van der Waals surface area contributed by atoms with E-state index in [2.05, 4.69) is 10.1 Å². The number of aromatic nitrogens is 3. The molecule has 6 heteroatoms. The van der Waals surface area contributed by atoms with Crippen LogP contribution in [0.2, 0.25) is 0 Å². The van der Waals surface area contributed by atoms with E-state index in [1.165, 1.54) is 0 Å². The monoisotopic (exact) mass is 264 g/mol. The van der Waals surface area contributed by atoms with Gasteiger partial charge in [-0.3, -0.25) is 0 Å². The van der Waals surface area contributed by atoms with E-state index in [0.29, 0.717) is 29.7 Å². The molecule has 0 radical (unpaired) electrons. The summed E-state index contributed by atoms with van der Waals surface area (Å²) in [5, 5.41) is 4.23. The predicted octanol–water partition coefficient (Wildman–Crippen LogP) is 2.21. The average molecular weight is 264 g/mol. The Labute approximate surface area is 107 Å². The van der Waals surface area contributed by atoms with Crippen LogP contribution in [0.5, 0.6) is 0 Å². The highest BCUT2D eigenvalue weighted by atomic mass is 32.1. The molecule has 92 valence electrons. The van der Waals surface area contributed by atoms with Gasteiger partial charge in [0.2, 0.25) is 5.82 Å². The van der Waals surface area contributed by atoms with Crippen LogP contribution < -0.4 is 0 Å². The highest BCUT2D eigenvalue weighted by molar-refractivity contribution is 7.64. The van der Waals surface area contributed by atoms with E-state index in [4.69, 9.17) is 0 Å². The van der Waals surface area contributed by atoms with Gasteiger partial charge in [0.25, 0.3) is 5.75 Å². The molecule has 0 N–H and O–H groups in total. The molecule has 18 heavy (non-hydrogen) atoms. The molecule has 0 saturated heterocycles. The number of hydrogen-bond donors (Lipinski definition) is 0. The van der Waals surface area contributed by atoms with Gasteiger partial charge in [0.15, 0.2) is 12.0 Å². The molecule has 2 aromatic rings. The van der Waals surface area contributed by atoms with Crippen molar-refractivity contribution in [1.82, 2.24) is 14.8 Å². The molecule has 4 nitrogen and oxygen atoms in total. The van der Waals surface area contributed by atoms with Crippen molar-refractivity contribution >= 4 is 11.7 Å². The second-order valence-electron chi connectivity index (χ2n) is 4.22. The van der Waals surface area contributed by atoms with E-state index in [1.807, 2.05) is 30.3 Å². The van der Waals surface area contributed by atoms with Gasteiger partial charge in [-0.1, -0.05) is 30.3 Å². The van der Waals surface area contributed by atoms with E-state index in [-0.39, 0.29) is 11.8 Å². The molecule has 0 bridgehead atoms. The van der Waals surface area contributed by atoms with Crippen molar-refractivity contribution in [3.8, 4) is 0 Å². The summed E-state index contributed by atoms with van der Waals surface area (Å²) >= 11 is 0.399. The number of nitrogens with zero attached hydrogens (tertiary/aromatic N) is 3. The van der Waals surface area contributed by atoms with Crippen LogP contribution in [0.25, 0.3) is 0 Å². The smallest absolute Gasteiger partial charge is 0.239 e. The summed E-state index contributed by atoms with van der Waals surface area (Å²) in [7, 11) is 0. The molecular weight excluding hydrogens is 253 g/mol. The fourth-order valence-electron chi connectivity index (χ4n) is 2.29. The van der Waals surface area contributed by atoms with Gasteiger partial charge >= 0.3 is 11.7 Å². The quantitative estimate of drug-likeness (QED) is 0.798. The molecule has 1 aliphatic rings. The zero-order valence-corrected chi connectivity index (χ0v) is 10.3. The number of alkyl halides is 1. The van der Waals surface area contributed by atoms with Crippen molar-refractivity contribution in [1.29, 1.82) is 0 Å². The van der Waals surface area contributed by atoms with Crippen LogP contribution in [-0.2, 0) is 21.6 Å². The largest absolute Gasteiger partial charge is 0.467 e. The standard InChI is InChI=1S/C12H11FN3OS/c13-9-6-10(8-4-2-1-3-5-8)16-12(9)14-11(15-16)7-18-17/h1-5,9-10H,6-7H2/q+1/t9-,10-/m0/s1. The maximum Gasteiger partial charge on any atom is 0.467 e. The van der Waals surface area contributed by atoms with Gasteiger partial charge in [-0.2, -0.15) is 0 Å². The molecule has 3 rings (SSSR count). The van der Waals surface area contributed by atoms with Crippen LogP contribution in [0, 0.1) is 0 Å². The summed E-state index contributed by atoms with van der Waals surface area (Å²) in [6.45, 7) is 0. The van der Waals surface area contributed by atoms with Crippen molar-refractivity contribution < 1.29 is 8.60 Å². The van der Waals surface area contributed by atoms with Crippen molar-refractivity contribution in [3.05, 3.63) is 47.5 Å². The average Bonchev–Trinajstić information content (AvgIpc) is 2.92. The number of benzene rings is 1. The predicted molar refractivity (Wildman–Crippen MR) is 64.8 cm³/mol. The number of fused-ring (bicyclic) bond motifs is 1. The molecular formula is C12H11FN3OS+. The van der Waals surface area contributed by atoms with E-state index in [1.54, 1.807) is 4.68 Å². The fraction of sp³-hybridized carbons (Fsp3) is 0.333.